The molecule has 2 atom stereocenters. The van der Waals surface area contributed by atoms with Gasteiger partial charge in [-0.05, 0) is 83.3 Å². The minimum absolute atomic E-state index is 0.457. The zero-order valence-electron chi connectivity index (χ0n) is 26.5. The normalized spacial score (nSPS) is 19.1. The Balaban J connectivity index is 1.40. The fourth-order valence-corrected chi connectivity index (χ4v) is 8.81. The molecule has 1 fully saturated rings. The number of hydrogen-bond acceptors (Lipinski definition) is 3. The van der Waals surface area contributed by atoms with Crippen molar-refractivity contribution in [3.8, 4) is 28.4 Å². The first-order chi connectivity index (χ1) is 22.6. The monoisotopic (exact) mass is 603 g/mol. The number of ether oxygens (including phenoxy) is 3. The van der Waals surface area contributed by atoms with Gasteiger partial charge in [0.2, 0.25) is 0 Å². The minimum atomic E-state index is -0.846. The Kier molecular flexibility index (Phi) is 6.12. The molecule has 1 aromatic heterocycles. The van der Waals surface area contributed by atoms with Crippen molar-refractivity contribution in [3.63, 3.8) is 0 Å². The lowest BCUT2D eigenvalue weighted by Gasteiger charge is -2.43. The first kappa shape index (κ1) is 27.4. The fraction of sp³-hybridized carbons (Fsp3) is 0.238. The second-order valence-corrected chi connectivity index (χ2v) is 13.0. The first-order valence-corrected chi connectivity index (χ1v) is 16.5. The molecule has 1 aliphatic heterocycles. The lowest BCUT2D eigenvalue weighted by atomic mass is 9.63. The zero-order valence-corrected chi connectivity index (χ0v) is 26.5. The summed E-state index contributed by atoms with van der Waals surface area (Å²) in [4.78, 5) is 0. The van der Waals surface area contributed by atoms with E-state index in [4.69, 9.17) is 14.2 Å². The van der Waals surface area contributed by atoms with Gasteiger partial charge in [0, 0.05) is 40.0 Å². The lowest BCUT2D eigenvalue weighted by molar-refractivity contribution is 0.162. The predicted octanol–water partition coefficient (Wildman–Crippen LogP) is 10.1. The molecule has 0 radical (unpaired) electrons. The minimum Gasteiger partial charge on any atom is -0.497 e. The summed E-state index contributed by atoms with van der Waals surface area (Å²) in [6.45, 7) is 0. The van der Waals surface area contributed by atoms with E-state index in [-0.39, 0.29) is 0 Å². The summed E-state index contributed by atoms with van der Waals surface area (Å²) >= 11 is 0. The Hall–Kier alpha value is -4.96. The van der Waals surface area contributed by atoms with E-state index < -0.39 is 5.60 Å². The molecular formula is C42H37NO3. The van der Waals surface area contributed by atoms with E-state index in [1.807, 2.05) is 24.3 Å². The number of nitrogens with zero attached hydrogens (tertiary/aromatic N) is 1. The van der Waals surface area contributed by atoms with Crippen molar-refractivity contribution in [3.05, 3.63) is 131 Å². The molecule has 0 saturated heterocycles. The molecule has 6 aromatic rings. The first-order valence-electron chi connectivity index (χ1n) is 16.5. The van der Waals surface area contributed by atoms with Crippen LogP contribution in [0.25, 0.3) is 39.0 Å². The maximum absolute atomic E-state index is 7.61. The molecule has 0 N–H and O–H groups in total. The highest BCUT2D eigenvalue weighted by molar-refractivity contribution is 6.19. The molecule has 2 unspecified atom stereocenters. The number of fused-ring (bicyclic) bond motifs is 13. The van der Waals surface area contributed by atoms with Crippen LogP contribution in [0, 0.1) is 0 Å². The standard InChI is InChI=1S/C42H37NO3/c1-43-36-15-9-8-14-34(36)39-38-33-13-7-5-11-31(33)30-10-4-6-12-32(30)37(38)35-24-25-42(46-41(35)40(39)43,26-16-20-28(44-2)21-17-26)27-18-22-29(45-3)23-19-27/h5,7-9,11,13-25,30,32H,4,6,10,12H2,1-3H3. The highest BCUT2D eigenvalue weighted by atomic mass is 16.5. The molecule has 4 heteroatoms. The summed E-state index contributed by atoms with van der Waals surface area (Å²) in [7, 11) is 5.61. The summed E-state index contributed by atoms with van der Waals surface area (Å²) in [5, 5.41) is 2.58. The molecule has 2 aliphatic carbocycles. The SMILES string of the molecule is COc1ccc(C2(c3ccc(OC)cc3)C=Cc3c4c(c5c6ccccc6n(C)c5c3O2)-c2ccccc2C2CCCCC42)cc1. The topological polar surface area (TPSA) is 32.6 Å². The molecule has 2 heterocycles. The van der Waals surface area contributed by atoms with Crippen molar-refractivity contribution in [1.29, 1.82) is 0 Å². The highest BCUT2D eigenvalue weighted by Gasteiger charge is 2.44. The van der Waals surface area contributed by atoms with Crippen LogP contribution in [0.4, 0.5) is 0 Å². The third kappa shape index (κ3) is 3.73. The Morgan fingerprint density at radius 2 is 1.37 bits per heavy atom. The second kappa shape index (κ2) is 10.3. The molecule has 1 saturated carbocycles. The molecule has 0 spiro atoms. The third-order valence-corrected chi connectivity index (χ3v) is 10.9. The van der Waals surface area contributed by atoms with Crippen molar-refractivity contribution < 1.29 is 14.2 Å². The summed E-state index contributed by atoms with van der Waals surface area (Å²) in [5.41, 5.74) is 10.6. The number of benzene rings is 5. The number of rotatable bonds is 4. The van der Waals surface area contributed by atoms with E-state index in [1.54, 1.807) is 14.2 Å². The molecule has 0 bridgehead atoms. The maximum Gasteiger partial charge on any atom is 0.178 e. The largest absolute Gasteiger partial charge is 0.497 e. The Bertz CT molecular complexity index is 2120. The van der Waals surface area contributed by atoms with Crippen LogP contribution in [0.15, 0.2) is 103 Å². The van der Waals surface area contributed by atoms with Crippen LogP contribution in [0.1, 0.15) is 65.3 Å². The molecular weight excluding hydrogens is 566 g/mol. The van der Waals surface area contributed by atoms with Crippen molar-refractivity contribution in [2.45, 2.75) is 43.1 Å². The molecule has 46 heavy (non-hydrogen) atoms. The Morgan fingerprint density at radius 1 is 0.739 bits per heavy atom. The summed E-state index contributed by atoms with van der Waals surface area (Å²) in [6, 6.07) is 34.7. The third-order valence-electron chi connectivity index (χ3n) is 10.9. The van der Waals surface area contributed by atoms with E-state index >= 15 is 0 Å². The Labute approximate surface area is 269 Å². The number of para-hydroxylation sites is 1. The van der Waals surface area contributed by atoms with Gasteiger partial charge in [0.25, 0.3) is 0 Å². The van der Waals surface area contributed by atoms with Gasteiger partial charge in [-0.3, -0.25) is 0 Å². The van der Waals surface area contributed by atoms with Gasteiger partial charge in [-0.15, -0.1) is 0 Å². The smallest absolute Gasteiger partial charge is 0.178 e. The van der Waals surface area contributed by atoms with E-state index in [9.17, 15) is 0 Å². The molecule has 228 valence electrons. The van der Waals surface area contributed by atoms with Crippen LogP contribution in [0.5, 0.6) is 17.2 Å². The van der Waals surface area contributed by atoms with E-state index in [2.05, 4.69) is 96.6 Å². The highest BCUT2D eigenvalue weighted by Crippen LogP contribution is 2.60. The van der Waals surface area contributed by atoms with Gasteiger partial charge in [0.15, 0.2) is 11.4 Å². The summed E-state index contributed by atoms with van der Waals surface area (Å²) in [6.07, 6.45) is 9.64. The van der Waals surface area contributed by atoms with Crippen LogP contribution in [-0.4, -0.2) is 18.8 Å². The van der Waals surface area contributed by atoms with Gasteiger partial charge >= 0.3 is 0 Å². The van der Waals surface area contributed by atoms with E-state index in [0.29, 0.717) is 11.8 Å². The molecule has 0 amide bonds. The number of aryl methyl sites for hydroxylation is 1. The van der Waals surface area contributed by atoms with Crippen molar-refractivity contribution in [2.75, 3.05) is 14.2 Å². The van der Waals surface area contributed by atoms with Crippen LogP contribution >= 0.6 is 0 Å². The average molecular weight is 604 g/mol. The molecule has 4 nitrogen and oxygen atoms in total. The van der Waals surface area contributed by atoms with Gasteiger partial charge in [-0.2, -0.15) is 0 Å². The molecule has 3 aliphatic rings. The van der Waals surface area contributed by atoms with Gasteiger partial charge in [-0.1, -0.05) is 85.6 Å². The van der Waals surface area contributed by atoms with E-state index in [1.165, 1.54) is 69.8 Å². The fourth-order valence-electron chi connectivity index (χ4n) is 8.81. The quantitative estimate of drug-likeness (QED) is 0.201. The van der Waals surface area contributed by atoms with Crippen molar-refractivity contribution in [2.24, 2.45) is 7.05 Å². The van der Waals surface area contributed by atoms with E-state index in [0.717, 1.165) is 33.9 Å². The predicted molar refractivity (Wildman–Crippen MR) is 186 cm³/mol. The number of hydrogen-bond donors (Lipinski definition) is 0. The van der Waals surface area contributed by atoms with Crippen LogP contribution in [-0.2, 0) is 12.6 Å². The summed E-state index contributed by atoms with van der Waals surface area (Å²) < 4.78 is 21.1. The van der Waals surface area contributed by atoms with Crippen LogP contribution in [0.3, 0.4) is 0 Å². The van der Waals surface area contributed by atoms with Gasteiger partial charge in [-0.25, -0.2) is 0 Å². The van der Waals surface area contributed by atoms with Crippen molar-refractivity contribution in [1.82, 2.24) is 4.57 Å². The summed E-state index contributed by atoms with van der Waals surface area (Å²) in [5.74, 6) is 3.59. The van der Waals surface area contributed by atoms with Gasteiger partial charge in [0.1, 0.15) is 11.5 Å². The number of aromatic nitrogens is 1. The van der Waals surface area contributed by atoms with Gasteiger partial charge in [0.05, 0.1) is 19.7 Å². The van der Waals surface area contributed by atoms with Gasteiger partial charge < -0.3 is 18.8 Å². The molecule has 5 aromatic carbocycles. The molecule has 9 rings (SSSR count). The second-order valence-electron chi connectivity index (χ2n) is 13.0. The zero-order chi connectivity index (χ0) is 31.0. The van der Waals surface area contributed by atoms with Crippen LogP contribution in [0.2, 0.25) is 0 Å². The number of methoxy groups -OCH3 is 2. The lowest BCUT2D eigenvalue weighted by Crippen LogP contribution is -2.35. The van der Waals surface area contributed by atoms with Crippen molar-refractivity contribution >= 4 is 27.9 Å². The maximum atomic E-state index is 7.61. The Morgan fingerprint density at radius 3 is 2.07 bits per heavy atom. The van der Waals surface area contributed by atoms with Crippen LogP contribution < -0.4 is 14.2 Å². The average Bonchev–Trinajstić information content (AvgIpc) is 3.43.